The van der Waals surface area contributed by atoms with E-state index < -0.39 is 11.9 Å². The molecular weight excluding hydrogens is 288 g/mol. The van der Waals surface area contributed by atoms with Gasteiger partial charge in [-0.3, -0.25) is 14.4 Å². The summed E-state index contributed by atoms with van der Waals surface area (Å²) in [5, 5.41) is 8.94. The number of carboxylic acids is 1. The molecule has 0 aromatic carbocycles. The molecule has 22 heavy (non-hydrogen) atoms. The number of rotatable bonds is 7. The molecule has 1 N–H and O–H groups in total. The van der Waals surface area contributed by atoms with Crippen LogP contribution < -0.4 is 0 Å². The first-order chi connectivity index (χ1) is 10.5. The quantitative estimate of drug-likeness (QED) is 0.732. The molecule has 1 atom stereocenters. The summed E-state index contributed by atoms with van der Waals surface area (Å²) in [6.45, 7) is 0.587. The van der Waals surface area contributed by atoms with Crippen molar-refractivity contribution in [2.45, 2.75) is 38.1 Å². The van der Waals surface area contributed by atoms with E-state index in [0.29, 0.717) is 6.54 Å². The summed E-state index contributed by atoms with van der Waals surface area (Å²) >= 11 is 0. The van der Waals surface area contributed by atoms with Crippen molar-refractivity contribution in [2.75, 3.05) is 33.4 Å². The highest BCUT2D eigenvalue weighted by atomic mass is 16.5. The van der Waals surface area contributed by atoms with Gasteiger partial charge in [-0.15, -0.1) is 0 Å². The molecule has 0 bridgehead atoms. The Bertz CT molecular complexity index is 434. The third kappa shape index (κ3) is 3.97. The molecule has 1 heterocycles. The van der Waals surface area contributed by atoms with Crippen molar-refractivity contribution in [3.05, 3.63) is 0 Å². The zero-order valence-electron chi connectivity index (χ0n) is 13.0. The van der Waals surface area contributed by atoms with Crippen LogP contribution in [0.4, 0.5) is 0 Å². The number of likely N-dealkylation sites (tertiary alicyclic amines) is 1. The second-order valence-electron chi connectivity index (χ2n) is 6.03. The van der Waals surface area contributed by atoms with Gasteiger partial charge in [-0.25, -0.2) is 0 Å². The third-order valence-electron chi connectivity index (χ3n) is 4.48. The monoisotopic (exact) mass is 312 g/mol. The fourth-order valence-electron chi connectivity index (χ4n) is 3.36. The smallest absolute Gasteiger partial charge is 0.323 e. The van der Waals surface area contributed by atoms with E-state index in [1.807, 2.05) is 4.90 Å². The molecule has 0 aromatic heterocycles. The summed E-state index contributed by atoms with van der Waals surface area (Å²) in [5.41, 5.74) is 0. The summed E-state index contributed by atoms with van der Waals surface area (Å²) in [6, 6.07) is 0.261. The number of carbonyl (C=O) groups excluding carboxylic acids is 2. The van der Waals surface area contributed by atoms with E-state index in [0.717, 1.165) is 25.7 Å². The molecule has 2 fully saturated rings. The minimum absolute atomic E-state index is 0.0206. The molecule has 0 spiro atoms. The summed E-state index contributed by atoms with van der Waals surface area (Å²) in [4.78, 5) is 38.7. The van der Waals surface area contributed by atoms with E-state index in [-0.39, 0.29) is 44.0 Å². The van der Waals surface area contributed by atoms with Crippen LogP contribution in [0, 0.1) is 5.92 Å². The normalized spacial score (nSPS) is 22.3. The van der Waals surface area contributed by atoms with Gasteiger partial charge in [0.15, 0.2) is 0 Å². The Morgan fingerprint density at radius 3 is 2.64 bits per heavy atom. The van der Waals surface area contributed by atoms with Crippen molar-refractivity contribution in [1.82, 2.24) is 9.80 Å². The fourth-order valence-corrected chi connectivity index (χ4v) is 3.36. The summed E-state index contributed by atoms with van der Waals surface area (Å²) in [6.07, 6.45) is 4.47. The lowest BCUT2D eigenvalue weighted by molar-refractivity contribution is -0.146. The molecule has 0 aromatic rings. The Balaban J connectivity index is 1.97. The van der Waals surface area contributed by atoms with Crippen molar-refractivity contribution in [2.24, 2.45) is 5.92 Å². The molecule has 1 aliphatic carbocycles. The number of aliphatic carboxylic acids is 1. The number of carboxylic acid groups (broad SMARTS) is 1. The van der Waals surface area contributed by atoms with Gasteiger partial charge in [0, 0.05) is 32.7 Å². The van der Waals surface area contributed by atoms with Crippen molar-refractivity contribution in [3.8, 4) is 0 Å². The topological polar surface area (TPSA) is 87.1 Å². The van der Waals surface area contributed by atoms with Gasteiger partial charge in [0.2, 0.25) is 11.8 Å². The zero-order valence-corrected chi connectivity index (χ0v) is 13.0. The molecule has 1 saturated heterocycles. The maximum Gasteiger partial charge on any atom is 0.323 e. The van der Waals surface area contributed by atoms with Gasteiger partial charge in [-0.05, 0) is 12.8 Å². The highest BCUT2D eigenvalue weighted by molar-refractivity contribution is 5.90. The van der Waals surface area contributed by atoms with Gasteiger partial charge in [-0.2, -0.15) is 0 Å². The Hall–Kier alpha value is -1.63. The van der Waals surface area contributed by atoms with Crippen LogP contribution in [0.25, 0.3) is 0 Å². The molecule has 0 radical (unpaired) electrons. The lowest BCUT2D eigenvalue weighted by atomic mass is 10.1. The van der Waals surface area contributed by atoms with Crippen LogP contribution in [0.15, 0.2) is 0 Å². The highest BCUT2D eigenvalue weighted by Crippen LogP contribution is 2.30. The molecule has 7 nitrogen and oxygen atoms in total. The minimum Gasteiger partial charge on any atom is -0.480 e. The number of ether oxygens (including phenoxy) is 1. The van der Waals surface area contributed by atoms with Crippen LogP contribution in [0.5, 0.6) is 0 Å². The van der Waals surface area contributed by atoms with E-state index >= 15 is 0 Å². The fraction of sp³-hybridized carbons (Fsp3) is 0.800. The number of amides is 2. The lowest BCUT2D eigenvalue weighted by Gasteiger charge is -2.26. The van der Waals surface area contributed by atoms with Crippen molar-refractivity contribution in [3.63, 3.8) is 0 Å². The Morgan fingerprint density at radius 2 is 2.05 bits per heavy atom. The Labute approximate surface area is 130 Å². The number of hydrogen-bond acceptors (Lipinski definition) is 4. The standard InChI is InChI=1S/C15H24N2O5/c1-22-7-6-16(10-14(19)20)15(21)11-8-13(18)17(9-11)12-4-2-3-5-12/h11-12H,2-10H2,1H3,(H,19,20)/t11-/m0/s1. The molecule has 124 valence electrons. The average Bonchev–Trinajstić information content (AvgIpc) is 3.11. The van der Waals surface area contributed by atoms with E-state index in [9.17, 15) is 14.4 Å². The van der Waals surface area contributed by atoms with Crippen molar-refractivity contribution < 1.29 is 24.2 Å². The van der Waals surface area contributed by atoms with Crippen molar-refractivity contribution >= 4 is 17.8 Å². The van der Waals surface area contributed by atoms with E-state index in [1.165, 1.54) is 12.0 Å². The molecule has 0 unspecified atom stereocenters. The first-order valence-corrected chi connectivity index (χ1v) is 7.82. The summed E-state index contributed by atoms with van der Waals surface area (Å²) < 4.78 is 4.93. The molecule has 2 rings (SSSR count). The van der Waals surface area contributed by atoms with Gasteiger partial charge in [0.25, 0.3) is 0 Å². The maximum absolute atomic E-state index is 12.5. The SMILES string of the molecule is COCCN(CC(=O)O)C(=O)[C@H]1CC(=O)N(C2CCCC2)C1. The highest BCUT2D eigenvalue weighted by Gasteiger charge is 2.40. The minimum atomic E-state index is -1.05. The average molecular weight is 312 g/mol. The molecule has 1 saturated carbocycles. The van der Waals surface area contributed by atoms with Crippen LogP contribution in [0.1, 0.15) is 32.1 Å². The predicted octanol–water partition coefficient (Wildman–Crippen LogP) is 0.337. The van der Waals surface area contributed by atoms with Crippen LogP contribution in [0.2, 0.25) is 0 Å². The third-order valence-corrected chi connectivity index (χ3v) is 4.48. The van der Waals surface area contributed by atoms with Gasteiger partial charge >= 0.3 is 5.97 Å². The first-order valence-electron chi connectivity index (χ1n) is 7.82. The summed E-state index contributed by atoms with van der Waals surface area (Å²) in [5.74, 6) is -1.72. The first kappa shape index (κ1) is 16.7. The van der Waals surface area contributed by atoms with Crippen LogP contribution >= 0.6 is 0 Å². The Kier molecular flexibility index (Phi) is 5.76. The van der Waals surface area contributed by atoms with E-state index in [4.69, 9.17) is 9.84 Å². The second kappa shape index (κ2) is 7.58. The van der Waals surface area contributed by atoms with Crippen LogP contribution in [0.3, 0.4) is 0 Å². The van der Waals surface area contributed by atoms with Gasteiger partial charge in [0.1, 0.15) is 6.54 Å². The van der Waals surface area contributed by atoms with Gasteiger partial charge in [0.05, 0.1) is 12.5 Å². The number of carbonyl (C=O) groups is 3. The largest absolute Gasteiger partial charge is 0.480 e. The second-order valence-corrected chi connectivity index (χ2v) is 6.03. The number of nitrogens with zero attached hydrogens (tertiary/aromatic N) is 2. The van der Waals surface area contributed by atoms with Crippen LogP contribution in [-0.2, 0) is 19.1 Å². The zero-order chi connectivity index (χ0) is 16.1. The van der Waals surface area contributed by atoms with Crippen molar-refractivity contribution in [1.29, 1.82) is 0 Å². The maximum atomic E-state index is 12.5. The molecule has 1 aliphatic heterocycles. The lowest BCUT2D eigenvalue weighted by Crippen LogP contribution is -2.42. The van der Waals surface area contributed by atoms with Crippen LogP contribution in [-0.4, -0.2) is 72.1 Å². The molecular formula is C15H24N2O5. The summed E-state index contributed by atoms with van der Waals surface area (Å²) in [7, 11) is 1.50. The molecule has 2 aliphatic rings. The number of hydrogen-bond donors (Lipinski definition) is 1. The predicted molar refractivity (Wildman–Crippen MR) is 78.2 cm³/mol. The van der Waals surface area contributed by atoms with E-state index in [1.54, 1.807) is 0 Å². The molecule has 2 amide bonds. The van der Waals surface area contributed by atoms with E-state index in [2.05, 4.69) is 0 Å². The number of methoxy groups -OCH3 is 1. The van der Waals surface area contributed by atoms with Gasteiger partial charge in [-0.1, -0.05) is 12.8 Å². The molecule has 7 heteroatoms. The Morgan fingerprint density at radius 1 is 1.36 bits per heavy atom. The van der Waals surface area contributed by atoms with Gasteiger partial charge < -0.3 is 19.6 Å².